The van der Waals surface area contributed by atoms with E-state index in [1.807, 2.05) is 83.1 Å². The van der Waals surface area contributed by atoms with Crippen LogP contribution in [0.3, 0.4) is 0 Å². The zero-order valence-corrected chi connectivity index (χ0v) is 90.4. The molecule has 0 bridgehead atoms. The van der Waals surface area contributed by atoms with E-state index >= 15 is 0 Å². The maximum atomic E-state index is 14.5. The molecule has 137 heavy (non-hydrogen) atoms. The normalized spacial score (nSPS) is 13.9. The van der Waals surface area contributed by atoms with Crippen LogP contribution in [-0.4, -0.2) is 225 Å². The zero-order valence-electron chi connectivity index (χ0n) is 90.4. The molecule has 28 nitrogen and oxygen atoms in total. The summed E-state index contributed by atoms with van der Waals surface area (Å²) in [6.07, 6.45) is -10.2. The van der Waals surface area contributed by atoms with E-state index in [2.05, 4.69) is 23.7 Å². The standard InChI is InChI=1S/C18H26F8O4.C16H26F2O6.C15H24F2O6.4C12H24O3/c1-6-15(4,5)13(27)30-11(7-10(2)3)18(25,26)14(28)29-9-16(21,22)8-17(23,24)12(19)20;1-7-15(4,5)13(20)23-9-12(19)24-11(8-10(2)3)16(17,18)14(21)22-6;1-7-14(4,5)12(19)22-8-10(18)23-11(9(2)3)15(16,17)13(20)21-6;4*1-8-10(2,3)9(13)15-12(6,7)11(4,5)14/h10-12H,6-9H2,1-5H3;10-11H,7-9H2,1-6H3;9,11H,7-8H2,1-6H3;4*14H,8H2,1-7H3. The Kier molecular flexibility index (Phi) is 57.6. The van der Waals surface area contributed by atoms with Crippen molar-refractivity contribution in [3.05, 3.63) is 0 Å². The lowest BCUT2D eigenvalue weighted by Crippen LogP contribution is -2.50. The van der Waals surface area contributed by atoms with Gasteiger partial charge in [0, 0.05) is 0 Å². The fourth-order valence-electron chi connectivity index (χ4n) is 7.70. The van der Waals surface area contributed by atoms with Gasteiger partial charge in [-0.1, -0.05) is 90.0 Å². The van der Waals surface area contributed by atoms with Crippen LogP contribution in [0.5, 0.6) is 0 Å². The highest BCUT2D eigenvalue weighted by molar-refractivity contribution is 5.84. The van der Waals surface area contributed by atoms with Gasteiger partial charge >= 0.3 is 102 Å². The topological polar surface area (TPSA) is 397 Å². The number of methoxy groups -OCH3 is 2. The minimum Gasteiger partial charge on any atom is -0.464 e. The second kappa shape index (κ2) is 55.3. The lowest BCUT2D eigenvalue weighted by Gasteiger charge is -2.38. The fourth-order valence-corrected chi connectivity index (χ4v) is 7.70. The van der Waals surface area contributed by atoms with Crippen molar-refractivity contribution in [2.75, 3.05) is 34.0 Å². The first-order valence-electron chi connectivity index (χ1n) is 45.6. The predicted molar refractivity (Wildman–Crippen MR) is 490 cm³/mol. The van der Waals surface area contributed by atoms with Gasteiger partial charge in [-0.3, -0.25) is 33.6 Å². The number of carbonyl (C=O) groups excluding carboxylic acids is 12. The minimum atomic E-state index is -5.11. The lowest BCUT2D eigenvalue weighted by molar-refractivity contribution is -0.218. The molecular weight excluding hydrogens is 1840 g/mol. The van der Waals surface area contributed by atoms with Gasteiger partial charge in [-0.15, -0.1) is 0 Å². The Bertz CT molecular complexity index is 3550. The predicted octanol–water partition coefficient (Wildman–Crippen LogP) is 20.6. The summed E-state index contributed by atoms with van der Waals surface area (Å²) < 4.78 is 218. The molecule has 4 N–H and O–H groups in total. The molecule has 0 aromatic carbocycles. The Morgan fingerprint density at radius 2 is 0.504 bits per heavy atom. The summed E-state index contributed by atoms with van der Waals surface area (Å²) in [5.41, 5.74) is -12.5. The van der Waals surface area contributed by atoms with E-state index in [-0.39, 0.29) is 42.6 Å². The molecule has 0 aliphatic carbocycles. The third-order valence-corrected chi connectivity index (χ3v) is 24.3. The van der Waals surface area contributed by atoms with Gasteiger partial charge in [0.2, 0.25) is 0 Å². The van der Waals surface area contributed by atoms with Crippen molar-refractivity contribution in [3.63, 3.8) is 0 Å². The average molecular weight is 2010 g/mol. The third-order valence-electron chi connectivity index (χ3n) is 24.3. The SMILES string of the molecule is CCC(C)(C)C(=O)OC(C)(C)C(C)(C)O.CCC(C)(C)C(=O)OC(C)(C)C(C)(C)O.CCC(C)(C)C(=O)OC(C)(C)C(C)(C)O.CCC(C)(C)C(=O)OC(C)(C)C(C)(C)O.CCC(C)(C)C(=O)OC(CC(C)C)C(F)(F)C(=O)OCC(F)(F)CC(F)(F)C(F)F.CCC(C)(C)C(=O)OCC(=O)OC(C(C)C)C(F)(F)C(=O)OC.CCC(C)(C)C(=O)OCC(=O)OC(CC(C)C)C(F)(F)C(=O)OC. The summed E-state index contributed by atoms with van der Waals surface area (Å²) in [6.45, 7) is 68.9. The number of halogens is 12. The van der Waals surface area contributed by atoms with Crippen molar-refractivity contribution in [2.45, 2.75) is 461 Å². The number of esters is 12. The number of rotatable bonds is 45. The van der Waals surface area contributed by atoms with E-state index in [0.717, 1.165) is 14.2 Å². The molecular formula is C97H172F12O28. The van der Waals surface area contributed by atoms with Gasteiger partial charge < -0.3 is 77.3 Å². The van der Waals surface area contributed by atoms with Crippen molar-refractivity contribution in [1.82, 2.24) is 0 Å². The highest BCUT2D eigenvalue weighted by Gasteiger charge is 2.58. The molecule has 0 heterocycles. The fraction of sp³-hybridized carbons (Fsp3) is 0.876. The molecule has 0 spiro atoms. The highest BCUT2D eigenvalue weighted by atomic mass is 19.3. The smallest absolute Gasteiger partial charge is 0.381 e. The van der Waals surface area contributed by atoms with E-state index in [9.17, 15) is 131 Å². The van der Waals surface area contributed by atoms with Gasteiger partial charge in [0.05, 0.1) is 80.9 Å². The van der Waals surface area contributed by atoms with Gasteiger partial charge in [0.1, 0.15) is 22.4 Å². The Morgan fingerprint density at radius 1 is 0.285 bits per heavy atom. The van der Waals surface area contributed by atoms with Crippen LogP contribution in [0.2, 0.25) is 0 Å². The molecule has 0 aromatic heterocycles. The van der Waals surface area contributed by atoms with E-state index in [1.165, 1.54) is 41.5 Å². The second-order valence-corrected chi connectivity index (χ2v) is 43.5. The van der Waals surface area contributed by atoms with Gasteiger partial charge in [-0.25, -0.2) is 50.3 Å². The molecule has 3 atom stereocenters. The highest BCUT2D eigenvalue weighted by Crippen LogP contribution is 2.41. The number of aliphatic hydroxyl groups is 4. The maximum Gasteiger partial charge on any atom is 0.381 e. The van der Waals surface area contributed by atoms with E-state index in [0.29, 0.717) is 38.5 Å². The van der Waals surface area contributed by atoms with Crippen LogP contribution < -0.4 is 0 Å². The Balaban J connectivity index is -0.000000293. The molecule has 0 aliphatic rings. The molecule has 0 radical (unpaired) electrons. The summed E-state index contributed by atoms with van der Waals surface area (Å²) >= 11 is 0. The third kappa shape index (κ3) is 49.7. The van der Waals surface area contributed by atoms with Crippen LogP contribution in [0.4, 0.5) is 52.7 Å². The first-order valence-corrected chi connectivity index (χ1v) is 45.6. The van der Waals surface area contributed by atoms with E-state index in [4.69, 9.17) is 33.2 Å². The van der Waals surface area contributed by atoms with Crippen molar-refractivity contribution < 1.29 is 187 Å². The molecule has 40 heteroatoms. The van der Waals surface area contributed by atoms with Crippen LogP contribution in [0, 0.1) is 55.7 Å². The van der Waals surface area contributed by atoms with Crippen molar-refractivity contribution >= 4 is 71.6 Å². The van der Waals surface area contributed by atoms with Gasteiger partial charge in [-0.05, 0) is 283 Å². The lowest BCUT2D eigenvalue weighted by atomic mass is 9.87. The summed E-state index contributed by atoms with van der Waals surface area (Å²) in [6, 6.07) is 0. The zero-order chi connectivity index (χ0) is 112. The van der Waals surface area contributed by atoms with Gasteiger partial charge in [0.15, 0.2) is 38.1 Å². The van der Waals surface area contributed by atoms with Crippen molar-refractivity contribution in [3.8, 4) is 0 Å². The Morgan fingerprint density at radius 3 is 0.723 bits per heavy atom. The number of hydrogen-bond acceptors (Lipinski definition) is 28. The van der Waals surface area contributed by atoms with Crippen molar-refractivity contribution in [1.29, 1.82) is 0 Å². The molecule has 0 aromatic rings. The monoisotopic (exact) mass is 2010 g/mol. The maximum absolute atomic E-state index is 14.5. The molecule has 0 aliphatic heterocycles. The summed E-state index contributed by atoms with van der Waals surface area (Å²) in [7, 11) is 1.63. The van der Waals surface area contributed by atoms with Crippen LogP contribution >= 0.6 is 0 Å². The number of carbonyl (C=O) groups is 12. The van der Waals surface area contributed by atoms with Crippen LogP contribution in [0.15, 0.2) is 0 Å². The molecule has 0 rings (SSSR count). The van der Waals surface area contributed by atoms with E-state index in [1.54, 1.807) is 173 Å². The molecule has 0 saturated heterocycles. The van der Waals surface area contributed by atoms with Gasteiger partial charge in [0.25, 0.3) is 5.92 Å². The molecule has 3 unspecified atom stereocenters. The van der Waals surface area contributed by atoms with Gasteiger partial charge in [-0.2, -0.15) is 26.3 Å². The first-order chi connectivity index (χ1) is 60.3. The summed E-state index contributed by atoms with van der Waals surface area (Å²) in [5, 5.41) is 39.4. The van der Waals surface area contributed by atoms with Crippen LogP contribution in [0.25, 0.3) is 0 Å². The summed E-state index contributed by atoms with van der Waals surface area (Å²) in [5.74, 6) is -35.8. The number of ether oxygens (including phenoxy) is 12. The summed E-state index contributed by atoms with van der Waals surface area (Å²) in [4.78, 5) is 140. The number of hydrogen-bond donors (Lipinski definition) is 4. The average Bonchev–Trinajstić information content (AvgIpc) is 0.815. The Hall–Kier alpha value is -7.36. The van der Waals surface area contributed by atoms with Crippen LogP contribution in [-0.2, 0) is 114 Å². The first kappa shape index (κ1) is 143. The molecule has 0 amide bonds. The molecule has 0 fully saturated rings. The van der Waals surface area contributed by atoms with E-state index < -0.39 is 229 Å². The molecule has 812 valence electrons. The largest absolute Gasteiger partial charge is 0.464 e. The second-order valence-electron chi connectivity index (χ2n) is 43.5. The van der Waals surface area contributed by atoms with Crippen LogP contribution in [0.1, 0.15) is 362 Å². The Labute approximate surface area is 806 Å². The molecule has 0 saturated carbocycles. The number of alkyl halides is 12. The van der Waals surface area contributed by atoms with Crippen molar-refractivity contribution in [2.24, 2.45) is 55.7 Å². The minimum absolute atomic E-state index is 0.209. The quantitative estimate of drug-likeness (QED) is 0.0250.